The van der Waals surface area contributed by atoms with Crippen molar-refractivity contribution < 1.29 is 15.0 Å². The fourth-order valence-corrected chi connectivity index (χ4v) is 8.52. The summed E-state index contributed by atoms with van der Waals surface area (Å²) in [5.74, 6) is 1.28. The maximum Gasteiger partial charge on any atom is 0.412 e. The molecule has 7 atom stereocenters. The van der Waals surface area contributed by atoms with Crippen LogP contribution in [0, 0.1) is 28.1 Å². The molecule has 4 unspecified atom stereocenters. The van der Waals surface area contributed by atoms with E-state index < -0.39 is 6.09 Å². The molecule has 0 saturated heterocycles. The van der Waals surface area contributed by atoms with Gasteiger partial charge in [-0.2, -0.15) is 0 Å². The van der Waals surface area contributed by atoms with Crippen LogP contribution in [-0.4, -0.2) is 28.5 Å². The Kier molecular flexibility index (Phi) is 3.65. The Morgan fingerprint density at radius 1 is 1.04 bits per heavy atom. The first-order chi connectivity index (χ1) is 13.1. The molecule has 3 fully saturated rings. The highest BCUT2D eigenvalue weighted by molar-refractivity contribution is 5.91. The highest BCUT2D eigenvalue weighted by atomic mass is 16.4. The van der Waals surface area contributed by atoms with E-state index in [1.807, 2.05) is 12.1 Å². The predicted molar refractivity (Wildman–Crippen MR) is 110 cm³/mol. The zero-order chi connectivity index (χ0) is 20.1. The normalized spacial score (nSPS) is 45.8. The summed E-state index contributed by atoms with van der Waals surface area (Å²) in [4.78, 5) is 13.9. The Labute approximate surface area is 167 Å². The van der Waals surface area contributed by atoms with E-state index in [0.29, 0.717) is 11.8 Å². The summed E-state index contributed by atoms with van der Waals surface area (Å²) in [6.07, 6.45) is 4.07. The summed E-state index contributed by atoms with van der Waals surface area (Å²) in [6, 6.07) is 8.21. The SMILES string of the molecule is CC1(C)C2CC[C@@]3(C)C4c5ccccc5N(C(=O)O)C4CC3[C@@]2(C)CC[C@H]1O. The molecule has 5 rings (SSSR count). The minimum atomic E-state index is -0.816. The molecular weight excluding hydrogens is 350 g/mol. The summed E-state index contributed by atoms with van der Waals surface area (Å²) in [7, 11) is 0. The van der Waals surface area contributed by atoms with Crippen LogP contribution in [0.1, 0.15) is 71.3 Å². The van der Waals surface area contributed by atoms with Crippen LogP contribution >= 0.6 is 0 Å². The molecule has 1 aliphatic heterocycles. The maximum atomic E-state index is 12.2. The number of rotatable bonds is 0. The van der Waals surface area contributed by atoms with E-state index in [9.17, 15) is 15.0 Å². The van der Waals surface area contributed by atoms with Crippen LogP contribution in [-0.2, 0) is 0 Å². The lowest BCUT2D eigenvalue weighted by Crippen LogP contribution is -2.57. The zero-order valence-electron chi connectivity index (χ0n) is 17.5. The number of fused-ring (bicyclic) bond motifs is 7. The molecule has 4 aliphatic rings. The fraction of sp³-hybridized carbons (Fsp3) is 0.708. The molecule has 4 heteroatoms. The number of amides is 1. The Morgan fingerprint density at radius 2 is 1.71 bits per heavy atom. The number of hydrogen-bond acceptors (Lipinski definition) is 2. The number of aliphatic hydroxyl groups excluding tert-OH is 1. The van der Waals surface area contributed by atoms with Gasteiger partial charge in [0.25, 0.3) is 0 Å². The van der Waals surface area contributed by atoms with Gasteiger partial charge in [0.05, 0.1) is 11.8 Å². The summed E-state index contributed by atoms with van der Waals surface area (Å²) in [6.45, 7) is 9.38. The van der Waals surface area contributed by atoms with Crippen molar-refractivity contribution in [3.63, 3.8) is 0 Å². The van der Waals surface area contributed by atoms with Gasteiger partial charge in [0.1, 0.15) is 0 Å². The molecule has 1 aromatic carbocycles. The number of benzene rings is 1. The third-order valence-electron chi connectivity index (χ3n) is 9.71. The van der Waals surface area contributed by atoms with Crippen molar-refractivity contribution in [2.45, 2.75) is 77.9 Å². The molecule has 1 aromatic rings. The molecule has 152 valence electrons. The van der Waals surface area contributed by atoms with E-state index in [1.54, 1.807) is 4.90 Å². The van der Waals surface area contributed by atoms with Crippen LogP contribution in [0.3, 0.4) is 0 Å². The molecule has 0 spiro atoms. The molecule has 0 radical (unpaired) electrons. The average molecular weight is 384 g/mol. The minimum Gasteiger partial charge on any atom is -0.465 e. The monoisotopic (exact) mass is 383 g/mol. The Bertz CT molecular complexity index is 835. The number of anilines is 1. The van der Waals surface area contributed by atoms with E-state index in [1.165, 1.54) is 5.56 Å². The molecule has 1 heterocycles. The predicted octanol–water partition coefficient (Wildman–Crippen LogP) is 5.26. The first-order valence-corrected chi connectivity index (χ1v) is 10.9. The van der Waals surface area contributed by atoms with Crippen LogP contribution in [0.2, 0.25) is 0 Å². The third kappa shape index (κ3) is 2.03. The van der Waals surface area contributed by atoms with Gasteiger partial charge in [0.2, 0.25) is 0 Å². The molecular formula is C24H33NO3. The standard InChI is InChI=1S/C24H33NO3/c1-22(2)17-9-11-24(4)18(23(17,3)12-10-19(22)26)13-16-20(24)14-7-5-6-8-15(14)25(16)21(27)28/h5-8,16-20,26H,9-13H2,1-4H3,(H,27,28)/t16?,17?,18?,19-,20?,23+,24-/m1/s1. The molecule has 4 nitrogen and oxygen atoms in total. The van der Waals surface area contributed by atoms with Crippen molar-refractivity contribution in [3.8, 4) is 0 Å². The van der Waals surface area contributed by atoms with Gasteiger partial charge in [0, 0.05) is 12.0 Å². The van der Waals surface area contributed by atoms with E-state index in [2.05, 4.69) is 39.8 Å². The summed E-state index contributed by atoms with van der Waals surface area (Å²) in [5.41, 5.74) is 2.35. The van der Waals surface area contributed by atoms with Gasteiger partial charge < -0.3 is 10.2 Å². The third-order valence-corrected chi connectivity index (χ3v) is 9.71. The average Bonchev–Trinajstić information content (AvgIpc) is 3.12. The zero-order valence-corrected chi connectivity index (χ0v) is 17.5. The molecule has 1 amide bonds. The van der Waals surface area contributed by atoms with Crippen LogP contribution in [0.5, 0.6) is 0 Å². The first kappa shape index (κ1) is 18.5. The highest BCUT2D eigenvalue weighted by Crippen LogP contribution is 2.73. The smallest absolute Gasteiger partial charge is 0.412 e. The number of nitrogens with zero attached hydrogens (tertiary/aromatic N) is 1. The van der Waals surface area contributed by atoms with Gasteiger partial charge in [-0.1, -0.05) is 45.9 Å². The maximum absolute atomic E-state index is 12.2. The fourth-order valence-electron chi connectivity index (χ4n) is 8.52. The van der Waals surface area contributed by atoms with Crippen molar-refractivity contribution in [3.05, 3.63) is 29.8 Å². The Balaban J connectivity index is 1.62. The first-order valence-electron chi connectivity index (χ1n) is 10.9. The molecule has 28 heavy (non-hydrogen) atoms. The molecule has 3 aliphatic carbocycles. The quantitative estimate of drug-likeness (QED) is 0.642. The summed E-state index contributed by atoms with van der Waals surface area (Å²) < 4.78 is 0. The van der Waals surface area contributed by atoms with Crippen LogP contribution in [0.4, 0.5) is 10.5 Å². The van der Waals surface area contributed by atoms with Crippen molar-refractivity contribution in [1.29, 1.82) is 0 Å². The van der Waals surface area contributed by atoms with Crippen molar-refractivity contribution in [2.24, 2.45) is 28.1 Å². The number of hydrogen-bond donors (Lipinski definition) is 2. The van der Waals surface area contributed by atoms with Crippen LogP contribution in [0.15, 0.2) is 24.3 Å². The number of para-hydroxylation sites is 1. The lowest BCUT2D eigenvalue weighted by Gasteiger charge is -2.62. The molecule has 0 aromatic heterocycles. The minimum absolute atomic E-state index is 0.0513. The van der Waals surface area contributed by atoms with Crippen molar-refractivity contribution in [2.75, 3.05) is 4.90 Å². The van der Waals surface area contributed by atoms with Gasteiger partial charge in [-0.25, -0.2) is 4.79 Å². The number of carboxylic acid groups (broad SMARTS) is 1. The second kappa shape index (κ2) is 5.53. The lowest BCUT2D eigenvalue weighted by molar-refractivity contribution is -0.164. The van der Waals surface area contributed by atoms with Gasteiger partial charge in [-0.05, 0) is 71.8 Å². The van der Waals surface area contributed by atoms with E-state index in [-0.39, 0.29) is 34.3 Å². The number of carbonyl (C=O) groups is 1. The van der Waals surface area contributed by atoms with E-state index in [4.69, 9.17) is 0 Å². The van der Waals surface area contributed by atoms with Gasteiger partial charge in [0.15, 0.2) is 0 Å². The second-order valence-corrected chi connectivity index (χ2v) is 11.0. The molecule has 2 N–H and O–H groups in total. The summed E-state index contributed by atoms with van der Waals surface area (Å²) in [5, 5.41) is 20.7. The van der Waals surface area contributed by atoms with Crippen molar-refractivity contribution >= 4 is 11.8 Å². The molecule has 0 bridgehead atoms. The van der Waals surface area contributed by atoms with Gasteiger partial charge in [-0.3, -0.25) is 4.90 Å². The van der Waals surface area contributed by atoms with E-state index in [0.717, 1.165) is 37.8 Å². The number of aliphatic hydroxyl groups is 1. The molecule has 3 saturated carbocycles. The Hall–Kier alpha value is -1.55. The summed E-state index contributed by atoms with van der Waals surface area (Å²) >= 11 is 0. The van der Waals surface area contributed by atoms with Crippen molar-refractivity contribution in [1.82, 2.24) is 0 Å². The second-order valence-electron chi connectivity index (χ2n) is 11.0. The highest BCUT2D eigenvalue weighted by Gasteiger charge is 2.68. The van der Waals surface area contributed by atoms with Crippen LogP contribution < -0.4 is 4.90 Å². The van der Waals surface area contributed by atoms with Crippen LogP contribution in [0.25, 0.3) is 0 Å². The van der Waals surface area contributed by atoms with E-state index >= 15 is 0 Å². The van der Waals surface area contributed by atoms with Gasteiger partial charge >= 0.3 is 6.09 Å². The Morgan fingerprint density at radius 3 is 2.43 bits per heavy atom. The lowest BCUT2D eigenvalue weighted by atomic mass is 9.42. The largest absolute Gasteiger partial charge is 0.465 e. The topological polar surface area (TPSA) is 60.8 Å². The van der Waals surface area contributed by atoms with Gasteiger partial charge in [-0.15, -0.1) is 0 Å².